The number of hydrogen-bond acceptors (Lipinski definition) is 6. The van der Waals surface area contributed by atoms with Crippen molar-refractivity contribution in [2.45, 2.75) is 72.1 Å². The van der Waals surface area contributed by atoms with Gasteiger partial charge >= 0.3 is 0 Å². The lowest BCUT2D eigenvalue weighted by molar-refractivity contribution is -0.118. The summed E-state index contributed by atoms with van der Waals surface area (Å²) < 4.78 is 12.6. The van der Waals surface area contributed by atoms with Crippen molar-refractivity contribution in [1.82, 2.24) is 4.90 Å². The number of benzene rings is 2. The Kier molecular flexibility index (Phi) is 8.68. The zero-order valence-electron chi connectivity index (χ0n) is 24.2. The number of carbonyl (C=O) groups excluding carboxylic acids is 3. The number of allylic oxidation sites excluding steroid dienone is 4. The predicted molar refractivity (Wildman–Crippen MR) is 162 cm³/mol. The molecule has 2 aliphatic carbocycles. The van der Waals surface area contributed by atoms with Gasteiger partial charge in [0, 0.05) is 53.5 Å². The first-order chi connectivity index (χ1) is 19.7. The van der Waals surface area contributed by atoms with Crippen molar-refractivity contribution in [1.29, 1.82) is 0 Å². The molecule has 1 heterocycles. The third-order valence-corrected chi connectivity index (χ3v) is 8.88. The van der Waals surface area contributed by atoms with E-state index in [0.29, 0.717) is 35.4 Å². The summed E-state index contributed by atoms with van der Waals surface area (Å²) >= 11 is 3.66. The van der Waals surface area contributed by atoms with Gasteiger partial charge in [0.25, 0.3) is 5.91 Å². The fraction of sp³-hybridized carbons (Fsp3) is 0.424. The van der Waals surface area contributed by atoms with Crippen molar-refractivity contribution in [2.24, 2.45) is 0 Å². The molecule has 0 radical (unpaired) electrons. The maximum absolute atomic E-state index is 13.5. The second-order valence-corrected chi connectivity index (χ2v) is 11.7. The van der Waals surface area contributed by atoms with Crippen LogP contribution in [0.15, 0.2) is 57.3 Å². The van der Waals surface area contributed by atoms with Crippen molar-refractivity contribution < 1.29 is 23.9 Å². The quantitative estimate of drug-likeness (QED) is 0.345. The highest BCUT2D eigenvalue weighted by Gasteiger charge is 2.43. The van der Waals surface area contributed by atoms with Gasteiger partial charge in [-0.05, 0) is 104 Å². The number of ether oxygens (including phenoxy) is 2. The van der Waals surface area contributed by atoms with E-state index in [9.17, 15) is 14.4 Å². The molecule has 0 saturated heterocycles. The van der Waals surface area contributed by atoms with Crippen LogP contribution in [0.25, 0.3) is 0 Å². The normalized spacial score (nSPS) is 17.4. The molecule has 1 aliphatic heterocycles. The lowest BCUT2D eigenvalue weighted by Gasteiger charge is -2.43. The molecule has 7 nitrogen and oxygen atoms in total. The van der Waals surface area contributed by atoms with Crippen LogP contribution in [0.3, 0.4) is 0 Å². The van der Waals surface area contributed by atoms with Gasteiger partial charge in [0.05, 0.1) is 11.1 Å². The number of ketones is 2. The van der Waals surface area contributed by atoms with Crippen LogP contribution >= 0.6 is 15.9 Å². The summed E-state index contributed by atoms with van der Waals surface area (Å²) in [6, 6.07) is 9.55. The average molecular weight is 622 g/mol. The number of anilines is 1. The molecule has 0 fully saturated rings. The fourth-order valence-electron chi connectivity index (χ4n) is 6.30. The number of nitrogens with zero attached hydrogens (tertiary/aromatic N) is 1. The minimum Gasteiger partial charge on any atom is -0.490 e. The molecule has 5 rings (SSSR count). The lowest BCUT2D eigenvalue weighted by atomic mass is 9.71. The van der Waals surface area contributed by atoms with E-state index in [-0.39, 0.29) is 24.1 Å². The Morgan fingerprint density at radius 3 is 2.24 bits per heavy atom. The Bertz CT molecular complexity index is 1430. The highest BCUT2D eigenvalue weighted by molar-refractivity contribution is 9.10. The van der Waals surface area contributed by atoms with Crippen LogP contribution in [-0.4, -0.2) is 42.1 Å². The summed E-state index contributed by atoms with van der Waals surface area (Å²) in [5, 5.41) is 2.93. The third kappa shape index (κ3) is 5.59. The van der Waals surface area contributed by atoms with E-state index >= 15 is 0 Å². The van der Waals surface area contributed by atoms with Crippen LogP contribution in [0.1, 0.15) is 75.0 Å². The Labute approximate surface area is 250 Å². The highest BCUT2D eigenvalue weighted by Crippen LogP contribution is 2.51. The van der Waals surface area contributed by atoms with E-state index in [1.807, 2.05) is 51.1 Å². The second-order valence-electron chi connectivity index (χ2n) is 10.8. The first kappa shape index (κ1) is 29.1. The van der Waals surface area contributed by atoms with Crippen molar-refractivity contribution in [3.05, 3.63) is 74.0 Å². The van der Waals surface area contributed by atoms with Gasteiger partial charge in [-0.1, -0.05) is 12.1 Å². The van der Waals surface area contributed by atoms with Crippen molar-refractivity contribution in [3.63, 3.8) is 0 Å². The van der Waals surface area contributed by atoms with E-state index < -0.39 is 5.92 Å². The number of aryl methyl sites for hydroxylation is 1. The maximum Gasteiger partial charge on any atom is 0.262 e. The Hall–Kier alpha value is -3.39. The van der Waals surface area contributed by atoms with E-state index in [2.05, 4.69) is 33.1 Å². The van der Waals surface area contributed by atoms with Crippen LogP contribution in [0, 0.1) is 13.8 Å². The summed E-state index contributed by atoms with van der Waals surface area (Å²) in [5.41, 5.74) is 7.25. The van der Waals surface area contributed by atoms with E-state index in [0.717, 1.165) is 77.1 Å². The zero-order chi connectivity index (χ0) is 29.3. The van der Waals surface area contributed by atoms with Gasteiger partial charge < -0.3 is 19.7 Å². The average Bonchev–Trinajstić information content (AvgIpc) is 2.94. The van der Waals surface area contributed by atoms with Gasteiger partial charge in [-0.3, -0.25) is 14.4 Å². The zero-order valence-corrected chi connectivity index (χ0v) is 25.8. The number of amides is 1. The number of nitrogens with one attached hydrogen (secondary N) is 1. The molecule has 216 valence electrons. The molecule has 1 N–H and O–H groups in total. The van der Waals surface area contributed by atoms with Gasteiger partial charge in [0.1, 0.15) is 0 Å². The molecule has 2 aromatic rings. The van der Waals surface area contributed by atoms with Crippen LogP contribution in [0.4, 0.5) is 5.69 Å². The molecular weight excluding hydrogens is 584 g/mol. The summed E-state index contributed by atoms with van der Waals surface area (Å²) in [6.45, 7) is 8.84. The van der Waals surface area contributed by atoms with Gasteiger partial charge in [-0.15, -0.1) is 0 Å². The number of Topliss-reactive ketones (excluding diaryl/α,β-unsaturated/α-hetero) is 2. The number of carbonyl (C=O) groups is 3. The molecule has 2 aromatic carbocycles. The van der Waals surface area contributed by atoms with Crippen LogP contribution in [0.5, 0.6) is 11.5 Å². The summed E-state index contributed by atoms with van der Waals surface area (Å²) in [4.78, 5) is 41.9. The van der Waals surface area contributed by atoms with E-state index in [1.165, 1.54) is 0 Å². The monoisotopic (exact) mass is 620 g/mol. The molecule has 0 unspecified atom stereocenters. The largest absolute Gasteiger partial charge is 0.490 e. The number of rotatable bonds is 8. The molecule has 3 aliphatic rings. The van der Waals surface area contributed by atoms with Crippen molar-refractivity contribution >= 4 is 39.1 Å². The van der Waals surface area contributed by atoms with E-state index in [1.54, 1.807) is 0 Å². The van der Waals surface area contributed by atoms with Crippen LogP contribution < -0.4 is 14.8 Å². The van der Waals surface area contributed by atoms with Crippen molar-refractivity contribution in [3.8, 4) is 11.5 Å². The van der Waals surface area contributed by atoms with Crippen molar-refractivity contribution in [2.75, 3.05) is 25.1 Å². The second kappa shape index (κ2) is 12.2. The number of hydrogen-bond donors (Lipinski definition) is 1. The first-order valence-electron chi connectivity index (χ1n) is 14.5. The van der Waals surface area contributed by atoms with Gasteiger partial charge in [-0.2, -0.15) is 0 Å². The van der Waals surface area contributed by atoms with E-state index in [4.69, 9.17) is 9.47 Å². The molecule has 0 spiro atoms. The lowest BCUT2D eigenvalue weighted by Crippen LogP contribution is -2.39. The SMILES string of the molecule is CCOc1cc(C2C3=C(CCCC3=O)N(CC)C3=C2C(=O)CCC3)cc(Br)c1OCC(=O)Nc1cccc(C)c1C. The minimum atomic E-state index is -0.444. The molecule has 0 bridgehead atoms. The maximum atomic E-state index is 13.5. The minimum absolute atomic E-state index is 0.108. The molecule has 1 amide bonds. The fourth-order valence-corrected chi connectivity index (χ4v) is 6.87. The summed E-state index contributed by atoms with van der Waals surface area (Å²) in [7, 11) is 0. The van der Waals surface area contributed by atoms with Gasteiger partial charge in [-0.25, -0.2) is 0 Å². The smallest absolute Gasteiger partial charge is 0.262 e. The summed E-state index contributed by atoms with van der Waals surface area (Å²) in [6.07, 6.45) is 4.27. The van der Waals surface area contributed by atoms with Crippen LogP contribution in [0.2, 0.25) is 0 Å². The number of halogens is 1. The topological polar surface area (TPSA) is 84.9 Å². The Morgan fingerprint density at radius 1 is 0.976 bits per heavy atom. The molecule has 8 heteroatoms. The third-order valence-electron chi connectivity index (χ3n) is 8.29. The van der Waals surface area contributed by atoms with Crippen LogP contribution in [-0.2, 0) is 14.4 Å². The summed E-state index contributed by atoms with van der Waals surface area (Å²) in [5.74, 6) is 0.361. The first-order valence-corrected chi connectivity index (χ1v) is 15.3. The van der Waals surface area contributed by atoms with Gasteiger partial charge in [0.15, 0.2) is 29.7 Å². The molecule has 0 aromatic heterocycles. The predicted octanol–water partition coefficient (Wildman–Crippen LogP) is 6.92. The standard InChI is InChI=1S/C33H37BrN2O5/c1-5-36-24-12-8-14-26(37)31(24)30(32-25(36)13-9-15-27(32)38)21-16-22(34)33(28(17-21)40-6-2)41-18-29(39)35-23-11-7-10-19(3)20(23)4/h7,10-11,16-17,30H,5-6,8-9,12-15,18H2,1-4H3,(H,35,39). The molecular formula is C33H37BrN2O5. The Morgan fingerprint density at radius 2 is 1.63 bits per heavy atom. The highest BCUT2D eigenvalue weighted by atomic mass is 79.9. The Balaban J connectivity index is 1.51. The molecule has 0 saturated carbocycles. The molecule has 41 heavy (non-hydrogen) atoms. The molecule has 0 atom stereocenters. The van der Waals surface area contributed by atoms with Gasteiger partial charge in [0.2, 0.25) is 0 Å².